The van der Waals surface area contributed by atoms with Crippen LogP contribution in [0.5, 0.6) is 0 Å². The van der Waals surface area contributed by atoms with Gasteiger partial charge in [-0.05, 0) is 31.0 Å². The van der Waals surface area contributed by atoms with E-state index in [-0.39, 0.29) is 6.10 Å². The van der Waals surface area contributed by atoms with Gasteiger partial charge in [-0.2, -0.15) is 0 Å². The molecular weight excluding hydrogens is 248 g/mol. The highest BCUT2D eigenvalue weighted by molar-refractivity contribution is 5.46. The second kappa shape index (κ2) is 6.06. The maximum absolute atomic E-state index is 6.01. The van der Waals surface area contributed by atoms with Crippen LogP contribution in [0.3, 0.4) is 0 Å². The maximum atomic E-state index is 6.01. The van der Waals surface area contributed by atoms with Crippen molar-refractivity contribution in [2.75, 3.05) is 24.6 Å². The minimum Gasteiger partial charge on any atom is -0.372 e. The zero-order chi connectivity index (χ0) is 13.8. The molecule has 104 valence electrons. The van der Waals surface area contributed by atoms with Crippen LogP contribution in [0.2, 0.25) is 0 Å². The largest absolute Gasteiger partial charge is 0.372 e. The van der Waals surface area contributed by atoms with Crippen molar-refractivity contribution in [2.24, 2.45) is 0 Å². The number of anilines is 1. The fourth-order valence-corrected chi connectivity index (χ4v) is 2.69. The minimum atomic E-state index is 0.212. The number of benzene rings is 1. The molecule has 1 saturated heterocycles. The number of hydrogen-bond acceptors (Lipinski definition) is 3. The fraction of sp³-hybridized carbons (Fsp3) is 0.353. The van der Waals surface area contributed by atoms with Crippen molar-refractivity contribution in [1.29, 1.82) is 0 Å². The molecule has 2 aromatic rings. The zero-order valence-corrected chi connectivity index (χ0v) is 11.8. The highest BCUT2D eigenvalue weighted by Crippen LogP contribution is 2.26. The Kier molecular flexibility index (Phi) is 3.97. The van der Waals surface area contributed by atoms with Crippen LogP contribution in [-0.4, -0.2) is 24.7 Å². The van der Waals surface area contributed by atoms with E-state index in [0.29, 0.717) is 0 Å². The van der Waals surface area contributed by atoms with E-state index < -0.39 is 0 Å². The second-order valence-electron chi connectivity index (χ2n) is 5.20. The number of pyridine rings is 1. The van der Waals surface area contributed by atoms with Gasteiger partial charge in [0.25, 0.3) is 0 Å². The van der Waals surface area contributed by atoms with E-state index in [2.05, 4.69) is 46.3 Å². The van der Waals surface area contributed by atoms with Crippen molar-refractivity contribution in [3.63, 3.8) is 0 Å². The summed E-state index contributed by atoms with van der Waals surface area (Å²) in [5.74, 6) is 0. The molecule has 0 amide bonds. The summed E-state index contributed by atoms with van der Waals surface area (Å²) in [6.45, 7) is 4.75. The lowest BCUT2D eigenvalue weighted by Crippen LogP contribution is -2.25. The predicted molar refractivity (Wildman–Crippen MR) is 80.9 cm³/mol. The van der Waals surface area contributed by atoms with E-state index in [1.807, 2.05) is 19.2 Å². The summed E-state index contributed by atoms with van der Waals surface area (Å²) >= 11 is 0. The Morgan fingerprint density at radius 1 is 1.15 bits per heavy atom. The molecule has 3 rings (SSSR count). The molecule has 3 heteroatoms. The number of nitrogens with zero attached hydrogens (tertiary/aromatic N) is 2. The molecule has 0 bridgehead atoms. The molecule has 20 heavy (non-hydrogen) atoms. The average Bonchev–Trinajstić information content (AvgIpc) is 2.74. The van der Waals surface area contributed by atoms with Crippen molar-refractivity contribution in [2.45, 2.75) is 19.4 Å². The van der Waals surface area contributed by atoms with Gasteiger partial charge in [0.1, 0.15) is 0 Å². The van der Waals surface area contributed by atoms with Gasteiger partial charge in [0.15, 0.2) is 0 Å². The van der Waals surface area contributed by atoms with Crippen LogP contribution in [0.4, 0.5) is 5.69 Å². The van der Waals surface area contributed by atoms with Crippen molar-refractivity contribution >= 4 is 5.69 Å². The van der Waals surface area contributed by atoms with Crippen LogP contribution in [0, 0.1) is 6.92 Å². The third-order valence-corrected chi connectivity index (χ3v) is 3.76. The quantitative estimate of drug-likeness (QED) is 0.835. The number of ether oxygens (including phenoxy) is 1. The molecule has 1 atom stereocenters. The Balaban J connectivity index is 1.71. The number of aryl methyl sites for hydroxylation is 1. The van der Waals surface area contributed by atoms with E-state index in [4.69, 9.17) is 4.74 Å². The van der Waals surface area contributed by atoms with Gasteiger partial charge in [-0.25, -0.2) is 0 Å². The molecule has 1 unspecified atom stereocenters. The SMILES string of the molecule is Cc1cc(N2CCOC(c3ccccc3)CC2)ccn1. The second-order valence-corrected chi connectivity index (χ2v) is 5.20. The van der Waals surface area contributed by atoms with Crippen LogP contribution in [-0.2, 0) is 4.74 Å². The zero-order valence-electron chi connectivity index (χ0n) is 11.8. The van der Waals surface area contributed by atoms with Crippen LogP contribution in [0.25, 0.3) is 0 Å². The summed E-state index contributed by atoms with van der Waals surface area (Å²) < 4.78 is 6.01. The number of rotatable bonds is 2. The Labute approximate surface area is 120 Å². The lowest BCUT2D eigenvalue weighted by atomic mass is 10.1. The lowest BCUT2D eigenvalue weighted by molar-refractivity contribution is 0.0647. The molecule has 3 nitrogen and oxygen atoms in total. The van der Waals surface area contributed by atoms with E-state index in [1.165, 1.54) is 11.3 Å². The molecular formula is C17H20N2O. The highest BCUT2D eigenvalue weighted by Gasteiger charge is 2.19. The molecule has 0 saturated carbocycles. The Morgan fingerprint density at radius 2 is 2.00 bits per heavy atom. The normalized spacial score (nSPS) is 19.6. The van der Waals surface area contributed by atoms with Crippen LogP contribution in [0.15, 0.2) is 48.7 Å². The van der Waals surface area contributed by atoms with Gasteiger partial charge in [-0.15, -0.1) is 0 Å². The standard InChI is InChI=1S/C17H20N2O/c1-14-13-16(7-9-18-14)19-10-8-17(20-12-11-19)15-5-3-2-4-6-15/h2-7,9,13,17H,8,10-12H2,1H3. The molecule has 1 aliphatic rings. The van der Waals surface area contributed by atoms with Crippen molar-refractivity contribution < 1.29 is 4.74 Å². The third kappa shape index (κ3) is 2.99. The van der Waals surface area contributed by atoms with E-state index >= 15 is 0 Å². The summed E-state index contributed by atoms with van der Waals surface area (Å²) in [4.78, 5) is 6.65. The van der Waals surface area contributed by atoms with Crippen molar-refractivity contribution in [3.05, 3.63) is 59.9 Å². The molecule has 0 aliphatic carbocycles. The predicted octanol–water partition coefficient (Wildman–Crippen LogP) is 3.36. The monoisotopic (exact) mass is 268 g/mol. The van der Waals surface area contributed by atoms with Gasteiger partial charge in [-0.1, -0.05) is 30.3 Å². The third-order valence-electron chi connectivity index (χ3n) is 3.76. The first-order valence-electron chi connectivity index (χ1n) is 7.17. The van der Waals surface area contributed by atoms with Gasteiger partial charge in [0.05, 0.1) is 12.7 Å². The summed E-state index contributed by atoms with van der Waals surface area (Å²) in [7, 11) is 0. The van der Waals surface area contributed by atoms with Gasteiger partial charge in [-0.3, -0.25) is 4.98 Å². The molecule has 0 radical (unpaired) electrons. The van der Waals surface area contributed by atoms with Gasteiger partial charge in [0, 0.05) is 30.7 Å². The fourth-order valence-electron chi connectivity index (χ4n) is 2.69. The average molecular weight is 268 g/mol. The molecule has 1 aliphatic heterocycles. The maximum Gasteiger partial charge on any atom is 0.0842 e. The minimum absolute atomic E-state index is 0.212. The Morgan fingerprint density at radius 3 is 2.80 bits per heavy atom. The first-order chi connectivity index (χ1) is 9.83. The summed E-state index contributed by atoms with van der Waals surface area (Å²) in [6, 6.07) is 14.7. The molecule has 1 fully saturated rings. The van der Waals surface area contributed by atoms with E-state index in [0.717, 1.165) is 31.8 Å². The van der Waals surface area contributed by atoms with E-state index in [9.17, 15) is 0 Å². The first-order valence-corrected chi connectivity index (χ1v) is 7.17. The molecule has 1 aromatic heterocycles. The van der Waals surface area contributed by atoms with Gasteiger partial charge < -0.3 is 9.64 Å². The molecule has 2 heterocycles. The van der Waals surface area contributed by atoms with Crippen LogP contribution < -0.4 is 4.90 Å². The highest BCUT2D eigenvalue weighted by atomic mass is 16.5. The smallest absolute Gasteiger partial charge is 0.0842 e. The summed E-state index contributed by atoms with van der Waals surface area (Å²) in [6.07, 6.45) is 3.11. The van der Waals surface area contributed by atoms with Gasteiger partial charge >= 0.3 is 0 Å². The molecule has 0 N–H and O–H groups in total. The number of aromatic nitrogens is 1. The van der Waals surface area contributed by atoms with Crippen molar-refractivity contribution in [1.82, 2.24) is 4.98 Å². The lowest BCUT2D eigenvalue weighted by Gasteiger charge is -2.22. The Bertz CT molecular complexity index is 556. The molecule has 1 aromatic carbocycles. The summed E-state index contributed by atoms with van der Waals surface area (Å²) in [5, 5.41) is 0. The summed E-state index contributed by atoms with van der Waals surface area (Å²) in [5.41, 5.74) is 3.59. The topological polar surface area (TPSA) is 25.4 Å². The number of hydrogen-bond donors (Lipinski definition) is 0. The molecule has 0 spiro atoms. The first kappa shape index (κ1) is 13.1. The van der Waals surface area contributed by atoms with Crippen molar-refractivity contribution in [3.8, 4) is 0 Å². The Hall–Kier alpha value is -1.87. The van der Waals surface area contributed by atoms with Gasteiger partial charge in [0.2, 0.25) is 0 Å². The van der Waals surface area contributed by atoms with E-state index in [1.54, 1.807) is 0 Å². The van der Waals surface area contributed by atoms with Crippen LogP contribution in [0.1, 0.15) is 23.8 Å². The van der Waals surface area contributed by atoms with Crippen LogP contribution >= 0.6 is 0 Å².